The number of fused-ring (bicyclic) bond motifs is 1. The molecule has 1 aliphatic heterocycles. The molecule has 6 nitrogen and oxygen atoms in total. The highest BCUT2D eigenvalue weighted by Crippen LogP contribution is 2.31. The Labute approximate surface area is 140 Å². The van der Waals surface area contributed by atoms with Crippen molar-refractivity contribution in [2.45, 2.75) is 29.7 Å². The first-order chi connectivity index (χ1) is 11.5. The zero-order valence-electron chi connectivity index (χ0n) is 13.2. The van der Waals surface area contributed by atoms with Crippen molar-refractivity contribution >= 4 is 15.7 Å². The summed E-state index contributed by atoms with van der Waals surface area (Å²) in [6, 6.07) is 11.8. The highest BCUT2D eigenvalue weighted by molar-refractivity contribution is 7.92. The van der Waals surface area contributed by atoms with Crippen molar-refractivity contribution in [3.63, 3.8) is 0 Å². The van der Waals surface area contributed by atoms with Crippen LogP contribution in [0, 0.1) is 0 Å². The maximum Gasteiger partial charge on any atom is 0.238 e. The number of hydrogen-bond donors (Lipinski definition) is 1. The molecule has 7 heteroatoms. The summed E-state index contributed by atoms with van der Waals surface area (Å²) in [5.74, 6) is 0.177. The quantitative estimate of drug-likeness (QED) is 0.914. The maximum absolute atomic E-state index is 12.5. The average Bonchev–Trinajstić information content (AvgIpc) is 2.62. The fraction of sp³-hybridized carbons (Fsp3) is 0.294. The molecule has 1 aromatic carbocycles. The second-order valence-electron chi connectivity index (χ2n) is 5.59. The lowest BCUT2D eigenvalue weighted by Crippen LogP contribution is -2.41. The Balaban J connectivity index is 1.79. The van der Waals surface area contributed by atoms with Crippen LogP contribution in [0.1, 0.15) is 24.9 Å². The molecule has 0 unspecified atom stereocenters. The number of rotatable bonds is 4. The molecule has 1 N–H and O–H groups in total. The summed E-state index contributed by atoms with van der Waals surface area (Å²) >= 11 is 0. The minimum Gasteiger partial charge on any atom is -0.493 e. The zero-order chi connectivity index (χ0) is 17.2. The van der Waals surface area contributed by atoms with Gasteiger partial charge in [0.2, 0.25) is 15.7 Å². The SMILES string of the molecule is C[C@H](C(=O)N[C@H]1CCOc2ccccc21)S(=O)(=O)c1ccccn1. The maximum atomic E-state index is 12.5. The lowest BCUT2D eigenvalue weighted by molar-refractivity contribution is -0.121. The van der Waals surface area contributed by atoms with Gasteiger partial charge in [-0.3, -0.25) is 4.79 Å². The van der Waals surface area contributed by atoms with Gasteiger partial charge in [-0.2, -0.15) is 0 Å². The van der Waals surface area contributed by atoms with Crippen LogP contribution in [0.5, 0.6) is 5.75 Å². The number of hydrogen-bond acceptors (Lipinski definition) is 5. The van der Waals surface area contributed by atoms with Crippen LogP contribution >= 0.6 is 0 Å². The third-order valence-electron chi connectivity index (χ3n) is 4.04. The smallest absolute Gasteiger partial charge is 0.238 e. The Morgan fingerprint density at radius 1 is 1.25 bits per heavy atom. The van der Waals surface area contributed by atoms with Crippen LogP contribution in [-0.4, -0.2) is 31.2 Å². The highest BCUT2D eigenvalue weighted by atomic mass is 32.2. The predicted molar refractivity (Wildman–Crippen MR) is 88.3 cm³/mol. The number of ether oxygens (including phenoxy) is 1. The lowest BCUT2D eigenvalue weighted by atomic mass is 10.0. The second kappa shape index (κ2) is 6.60. The van der Waals surface area contributed by atoms with E-state index in [4.69, 9.17) is 4.74 Å². The summed E-state index contributed by atoms with van der Waals surface area (Å²) in [6.45, 7) is 1.86. The molecule has 126 valence electrons. The molecule has 0 aliphatic carbocycles. The number of nitrogens with one attached hydrogen (secondary N) is 1. The predicted octanol–water partition coefficient (Wildman–Crippen LogP) is 1.88. The van der Waals surface area contributed by atoms with E-state index in [0.29, 0.717) is 18.8 Å². The summed E-state index contributed by atoms with van der Waals surface area (Å²) in [4.78, 5) is 16.3. The van der Waals surface area contributed by atoms with Crippen LogP contribution in [0.25, 0.3) is 0 Å². The van der Waals surface area contributed by atoms with E-state index in [2.05, 4.69) is 10.3 Å². The summed E-state index contributed by atoms with van der Waals surface area (Å²) in [6.07, 6.45) is 1.99. The molecule has 0 saturated heterocycles. The number of benzene rings is 1. The van der Waals surface area contributed by atoms with Crippen LogP contribution in [0.4, 0.5) is 0 Å². The number of pyridine rings is 1. The molecular weight excluding hydrogens is 328 g/mol. The fourth-order valence-electron chi connectivity index (χ4n) is 2.62. The van der Waals surface area contributed by atoms with Crippen molar-refractivity contribution in [2.75, 3.05) is 6.61 Å². The van der Waals surface area contributed by atoms with Gasteiger partial charge in [0.25, 0.3) is 0 Å². The summed E-state index contributed by atoms with van der Waals surface area (Å²) in [5, 5.41) is 1.51. The zero-order valence-corrected chi connectivity index (χ0v) is 14.0. The van der Waals surface area contributed by atoms with E-state index in [1.165, 1.54) is 19.2 Å². The minimum atomic E-state index is -3.82. The molecule has 0 spiro atoms. The van der Waals surface area contributed by atoms with Crippen LogP contribution < -0.4 is 10.1 Å². The van der Waals surface area contributed by atoms with E-state index in [9.17, 15) is 13.2 Å². The first-order valence-electron chi connectivity index (χ1n) is 7.67. The number of carbonyl (C=O) groups is 1. The normalized spacial score (nSPS) is 18.1. The Kier molecular flexibility index (Phi) is 4.53. The van der Waals surface area contributed by atoms with Crippen molar-refractivity contribution in [3.8, 4) is 5.75 Å². The molecule has 0 fully saturated rings. The molecule has 0 saturated carbocycles. The van der Waals surface area contributed by atoms with Crippen LogP contribution in [0.3, 0.4) is 0 Å². The molecule has 0 bridgehead atoms. The molecule has 2 aromatic rings. The van der Waals surface area contributed by atoms with Gasteiger partial charge in [-0.25, -0.2) is 13.4 Å². The van der Waals surface area contributed by atoms with E-state index >= 15 is 0 Å². The molecule has 1 amide bonds. The standard InChI is InChI=1S/C17H18N2O4S/c1-12(24(21,22)16-8-4-5-10-18-16)17(20)19-14-9-11-23-15-7-3-2-6-13(14)15/h2-8,10,12,14H,9,11H2,1H3,(H,19,20)/t12-,14+/m1/s1. The molecule has 24 heavy (non-hydrogen) atoms. The van der Waals surface area contributed by atoms with Crippen LogP contribution in [0.15, 0.2) is 53.7 Å². The van der Waals surface area contributed by atoms with Gasteiger partial charge in [-0.1, -0.05) is 24.3 Å². The fourth-order valence-corrected chi connectivity index (χ4v) is 3.81. The van der Waals surface area contributed by atoms with Gasteiger partial charge in [-0.05, 0) is 25.1 Å². The molecule has 2 atom stereocenters. The van der Waals surface area contributed by atoms with Crippen molar-refractivity contribution in [1.82, 2.24) is 10.3 Å². The number of sulfone groups is 1. The van der Waals surface area contributed by atoms with Crippen molar-refractivity contribution in [2.24, 2.45) is 0 Å². The number of amides is 1. The number of carbonyl (C=O) groups excluding carboxylic acids is 1. The van der Waals surface area contributed by atoms with E-state index in [0.717, 1.165) is 5.56 Å². The Bertz CT molecular complexity index is 837. The van der Waals surface area contributed by atoms with Crippen molar-refractivity contribution < 1.29 is 17.9 Å². The number of aromatic nitrogens is 1. The second-order valence-corrected chi connectivity index (χ2v) is 7.81. The van der Waals surface area contributed by atoms with E-state index in [-0.39, 0.29) is 11.1 Å². The minimum absolute atomic E-state index is 0.0972. The monoisotopic (exact) mass is 346 g/mol. The summed E-state index contributed by atoms with van der Waals surface area (Å²) in [7, 11) is -3.82. The third-order valence-corrected chi connectivity index (χ3v) is 6.01. The summed E-state index contributed by atoms with van der Waals surface area (Å²) in [5.41, 5.74) is 0.861. The molecule has 3 rings (SSSR count). The Hall–Kier alpha value is -2.41. The number of nitrogens with zero attached hydrogens (tertiary/aromatic N) is 1. The van der Waals surface area contributed by atoms with Gasteiger partial charge in [0.15, 0.2) is 5.03 Å². The number of para-hydroxylation sites is 1. The lowest BCUT2D eigenvalue weighted by Gasteiger charge is -2.27. The van der Waals surface area contributed by atoms with Crippen molar-refractivity contribution in [1.29, 1.82) is 0 Å². The van der Waals surface area contributed by atoms with Crippen LogP contribution in [-0.2, 0) is 14.6 Å². The van der Waals surface area contributed by atoms with Gasteiger partial charge in [0, 0.05) is 18.2 Å². The van der Waals surface area contributed by atoms with Gasteiger partial charge in [-0.15, -0.1) is 0 Å². The highest BCUT2D eigenvalue weighted by Gasteiger charge is 2.33. The first-order valence-corrected chi connectivity index (χ1v) is 9.22. The van der Waals surface area contributed by atoms with Crippen molar-refractivity contribution in [3.05, 3.63) is 54.2 Å². The Morgan fingerprint density at radius 3 is 2.75 bits per heavy atom. The van der Waals surface area contributed by atoms with Gasteiger partial charge in [0.1, 0.15) is 11.0 Å². The molecule has 1 aromatic heterocycles. The molecular formula is C17H18N2O4S. The van der Waals surface area contributed by atoms with Gasteiger partial charge < -0.3 is 10.1 Å². The summed E-state index contributed by atoms with van der Waals surface area (Å²) < 4.78 is 30.6. The van der Waals surface area contributed by atoms with Gasteiger partial charge >= 0.3 is 0 Å². The third kappa shape index (κ3) is 3.12. The first kappa shape index (κ1) is 16.4. The van der Waals surface area contributed by atoms with Crippen LogP contribution in [0.2, 0.25) is 0 Å². The molecule has 2 heterocycles. The van der Waals surface area contributed by atoms with Gasteiger partial charge in [0.05, 0.1) is 12.6 Å². The topological polar surface area (TPSA) is 85.4 Å². The molecule has 1 aliphatic rings. The van der Waals surface area contributed by atoms with E-state index < -0.39 is 21.0 Å². The van der Waals surface area contributed by atoms with E-state index in [1.807, 2.05) is 24.3 Å². The molecule has 0 radical (unpaired) electrons. The Morgan fingerprint density at radius 2 is 2.00 bits per heavy atom. The van der Waals surface area contributed by atoms with E-state index in [1.54, 1.807) is 12.1 Å². The average molecular weight is 346 g/mol. The largest absolute Gasteiger partial charge is 0.493 e.